The normalized spacial score (nSPS) is 38.5. The molecule has 2 nitrogen and oxygen atoms in total. The average molecular weight is 236 g/mol. The Morgan fingerprint density at radius 1 is 1.06 bits per heavy atom. The summed E-state index contributed by atoms with van der Waals surface area (Å²) in [6.07, 6.45) is 11.8. The lowest BCUT2D eigenvalue weighted by molar-refractivity contribution is 0.110. The van der Waals surface area contributed by atoms with Gasteiger partial charge in [-0.3, -0.25) is 0 Å². The predicted molar refractivity (Wildman–Crippen MR) is 72.1 cm³/mol. The van der Waals surface area contributed by atoms with Gasteiger partial charge in [0.15, 0.2) is 0 Å². The molecule has 2 heteroatoms. The molecule has 1 aliphatic carbocycles. The van der Waals surface area contributed by atoms with Gasteiger partial charge >= 0.3 is 0 Å². The third kappa shape index (κ3) is 2.85. The average Bonchev–Trinajstić information content (AvgIpc) is 2.99. The Balaban J connectivity index is 1.41. The molecule has 2 heterocycles. The number of nitrogens with one attached hydrogen (secondary N) is 1. The number of nitrogens with zero attached hydrogens (tertiary/aromatic N) is 1. The SMILES string of the molecule is C1CC2CCCN(CCCC3CCNC3)C2C1. The van der Waals surface area contributed by atoms with Crippen molar-refractivity contribution < 1.29 is 0 Å². The molecular formula is C15H28N2. The van der Waals surface area contributed by atoms with Crippen molar-refractivity contribution >= 4 is 0 Å². The van der Waals surface area contributed by atoms with Crippen molar-refractivity contribution in [2.45, 2.75) is 57.4 Å². The number of hydrogen-bond donors (Lipinski definition) is 1. The zero-order valence-electron chi connectivity index (χ0n) is 11.2. The molecular weight excluding hydrogens is 208 g/mol. The van der Waals surface area contributed by atoms with Gasteiger partial charge in [0.25, 0.3) is 0 Å². The lowest BCUT2D eigenvalue weighted by Crippen LogP contribution is -2.43. The van der Waals surface area contributed by atoms with Crippen molar-refractivity contribution in [1.82, 2.24) is 10.2 Å². The number of fused-ring (bicyclic) bond motifs is 1. The second-order valence-corrected chi connectivity index (χ2v) is 6.44. The number of piperidine rings is 1. The Bertz CT molecular complexity index is 235. The minimum Gasteiger partial charge on any atom is -0.316 e. The molecule has 0 aromatic heterocycles. The lowest BCUT2D eigenvalue weighted by atomic mass is 9.91. The van der Waals surface area contributed by atoms with E-state index in [2.05, 4.69) is 10.2 Å². The highest BCUT2D eigenvalue weighted by Crippen LogP contribution is 2.36. The zero-order valence-corrected chi connectivity index (χ0v) is 11.2. The van der Waals surface area contributed by atoms with E-state index in [0.29, 0.717) is 0 Å². The molecule has 0 radical (unpaired) electrons. The van der Waals surface area contributed by atoms with Crippen molar-refractivity contribution in [1.29, 1.82) is 0 Å². The highest BCUT2D eigenvalue weighted by atomic mass is 15.2. The Kier molecular flexibility index (Phi) is 4.02. The van der Waals surface area contributed by atoms with E-state index in [1.165, 1.54) is 77.5 Å². The molecule has 0 bridgehead atoms. The van der Waals surface area contributed by atoms with Crippen LogP contribution in [-0.4, -0.2) is 37.1 Å². The Labute approximate surface area is 106 Å². The van der Waals surface area contributed by atoms with E-state index in [1.54, 1.807) is 0 Å². The first-order valence-electron chi connectivity index (χ1n) is 7.88. The summed E-state index contributed by atoms with van der Waals surface area (Å²) >= 11 is 0. The van der Waals surface area contributed by atoms with E-state index in [-0.39, 0.29) is 0 Å². The summed E-state index contributed by atoms with van der Waals surface area (Å²) < 4.78 is 0. The van der Waals surface area contributed by atoms with Gasteiger partial charge in [0, 0.05) is 6.04 Å². The van der Waals surface area contributed by atoms with E-state index < -0.39 is 0 Å². The van der Waals surface area contributed by atoms with Crippen LogP contribution in [0.25, 0.3) is 0 Å². The minimum atomic E-state index is 0.977. The van der Waals surface area contributed by atoms with Gasteiger partial charge in [-0.25, -0.2) is 0 Å². The smallest absolute Gasteiger partial charge is 0.0123 e. The highest BCUT2D eigenvalue weighted by Gasteiger charge is 2.34. The van der Waals surface area contributed by atoms with Crippen LogP contribution in [0.1, 0.15) is 51.4 Å². The van der Waals surface area contributed by atoms with Crippen LogP contribution in [0.4, 0.5) is 0 Å². The molecule has 17 heavy (non-hydrogen) atoms. The van der Waals surface area contributed by atoms with Gasteiger partial charge < -0.3 is 10.2 Å². The molecule has 3 atom stereocenters. The van der Waals surface area contributed by atoms with Gasteiger partial charge in [-0.05, 0) is 83.0 Å². The van der Waals surface area contributed by atoms with Crippen LogP contribution < -0.4 is 5.32 Å². The van der Waals surface area contributed by atoms with Crippen LogP contribution in [-0.2, 0) is 0 Å². The highest BCUT2D eigenvalue weighted by molar-refractivity contribution is 4.89. The van der Waals surface area contributed by atoms with E-state index >= 15 is 0 Å². The van der Waals surface area contributed by atoms with E-state index in [9.17, 15) is 0 Å². The topological polar surface area (TPSA) is 15.3 Å². The molecule has 1 N–H and O–H groups in total. The molecule has 2 aliphatic heterocycles. The summed E-state index contributed by atoms with van der Waals surface area (Å²) in [6.45, 7) is 5.33. The van der Waals surface area contributed by atoms with E-state index in [0.717, 1.165) is 17.9 Å². The third-order valence-corrected chi connectivity index (χ3v) is 5.33. The Hall–Kier alpha value is -0.0800. The molecule has 98 valence electrons. The minimum absolute atomic E-state index is 0.977. The molecule has 3 rings (SSSR count). The molecule has 0 spiro atoms. The molecule has 3 aliphatic rings. The molecule has 3 unspecified atom stereocenters. The van der Waals surface area contributed by atoms with Gasteiger partial charge in [0.1, 0.15) is 0 Å². The summed E-state index contributed by atoms with van der Waals surface area (Å²) in [5.41, 5.74) is 0. The van der Waals surface area contributed by atoms with Crippen molar-refractivity contribution in [3.63, 3.8) is 0 Å². The van der Waals surface area contributed by atoms with Crippen molar-refractivity contribution in [3.8, 4) is 0 Å². The van der Waals surface area contributed by atoms with Crippen LogP contribution in [0.3, 0.4) is 0 Å². The predicted octanol–water partition coefficient (Wildman–Crippen LogP) is 2.64. The maximum atomic E-state index is 3.48. The second kappa shape index (κ2) is 5.71. The summed E-state index contributed by atoms with van der Waals surface area (Å²) in [5.74, 6) is 2.05. The quantitative estimate of drug-likeness (QED) is 0.807. The van der Waals surface area contributed by atoms with Crippen LogP contribution in [0.5, 0.6) is 0 Å². The summed E-state index contributed by atoms with van der Waals surface area (Å²) in [4.78, 5) is 2.84. The van der Waals surface area contributed by atoms with Gasteiger partial charge in [-0.15, -0.1) is 0 Å². The Morgan fingerprint density at radius 2 is 2.00 bits per heavy atom. The fourth-order valence-corrected chi connectivity index (χ4v) is 4.38. The fraction of sp³-hybridized carbons (Fsp3) is 1.00. The van der Waals surface area contributed by atoms with E-state index in [1.807, 2.05) is 0 Å². The van der Waals surface area contributed by atoms with Crippen LogP contribution in [0.2, 0.25) is 0 Å². The first kappa shape index (κ1) is 12.0. The number of hydrogen-bond acceptors (Lipinski definition) is 2. The van der Waals surface area contributed by atoms with Crippen LogP contribution in [0, 0.1) is 11.8 Å². The maximum absolute atomic E-state index is 3.48. The zero-order chi connectivity index (χ0) is 11.5. The first-order valence-corrected chi connectivity index (χ1v) is 7.88. The van der Waals surface area contributed by atoms with Gasteiger partial charge in [0.2, 0.25) is 0 Å². The molecule has 0 aromatic carbocycles. The summed E-state index contributed by atoms with van der Waals surface area (Å²) in [6, 6.07) is 0.977. The summed E-state index contributed by atoms with van der Waals surface area (Å²) in [5, 5.41) is 3.48. The van der Waals surface area contributed by atoms with Crippen molar-refractivity contribution in [3.05, 3.63) is 0 Å². The lowest BCUT2D eigenvalue weighted by Gasteiger charge is -2.38. The largest absolute Gasteiger partial charge is 0.316 e. The second-order valence-electron chi connectivity index (χ2n) is 6.44. The summed E-state index contributed by atoms with van der Waals surface area (Å²) in [7, 11) is 0. The van der Waals surface area contributed by atoms with E-state index in [4.69, 9.17) is 0 Å². The van der Waals surface area contributed by atoms with Crippen LogP contribution >= 0.6 is 0 Å². The third-order valence-electron chi connectivity index (χ3n) is 5.33. The first-order chi connectivity index (χ1) is 8.43. The number of likely N-dealkylation sites (tertiary alicyclic amines) is 1. The molecule has 1 saturated carbocycles. The molecule has 2 saturated heterocycles. The number of rotatable bonds is 4. The van der Waals surface area contributed by atoms with Crippen molar-refractivity contribution in [2.24, 2.45) is 11.8 Å². The van der Waals surface area contributed by atoms with Gasteiger partial charge in [0.05, 0.1) is 0 Å². The van der Waals surface area contributed by atoms with Crippen LogP contribution in [0.15, 0.2) is 0 Å². The fourth-order valence-electron chi connectivity index (χ4n) is 4.38. The molecule has 3 fully saturated rings. The monoisotopic (exact) mass is 236 g/mol. The molecule has 0 amide bonds. The van der Waals surface area contributed by atoms with Gasteiger partial charge in [-0.1, -0.05) is 6.42 Å². The molecule has 0 aromatic rings. The maximum Gasteiger partial charge on any atom is 0.0123 e. The Morgan fingerprint density at radius 3 is 2.88 bits per heavy atom. The standard InChI is InChI=1S/C15H28N2/c1-5-14-6-3-11-17(15(14)7-1)10-2-4-13-8-9-16-12-13/h13-16H,1-12H2. The van der Waals surface area contributed by atoms with Crippen molar-refractivity contribution in [2.75, 3.05) is 26.2 Å². The van der Waals surface area contributed by atoms with Gasteiger partial charge in [-0.2, -0.15) is 0 Å².